The molecule has 0 N–H and O–H groups in total. The maximum atomic E-state index is 12.5. The van der Waals surface area contributed by atoms with E-state index >= 15 is 0 Å². The van der Waals surface area contributed by atoms with Crippen LogP contribution >= 0.6 is 11.6 Å². The molecule has 166 valence electrons. The molecule has 8 heteroatoms. The Kier molecular flexibility index (Phi) is 6.97. The maximum Gasteiger partial charge on any atom is 0.241 e. The van der Waals surface area contributed by atoms with Crippen molar-refractivity contribution >= 4 is 23.3 Å². The highest BCUT2D eigenvalue weighted by atomic mass is 35.5. The van der Waals surface area contributed by atoms with Gasteiger partial charge in [-0.2, -0.15) is 4.98 Å². The molecular weight excluding hydrogens is 428 g/mol. The third-order valence-electron chi connectivity index (χ3n) is 5.59. The summed E-state index contributed by atoms with van der Waals surface area (Å²) in [6.07, 6.45) is 0.412. The molecule has 0 unspecified atom stereocenters. The van der Waals surface area contributed by atoms with Crippen molar-refractivity contribution in [1.29, 1.82) is 0 Å². The standard InChI is InChI=1S/C24H25ClN4O3/c1-17-2-4-19(5-3-17)24-26-22(32-27-24)16-28-12-14-29(15-13-28)23(31)11-10-21(30)18-6-8-20(25)9-7-18/h2-9H,10-16H2,1H3. The highest BCUT2D eigenvalue weighted by Gasteiger charge is 2.23. The minimum Gasteiger partial charge on any atom is -0.340 e. The average molecular weight is 453 g/mol. The Bertz CT molecular complexity index is 1070. The number of Topliss-reactive ketones (excluding diaryl/α,β-unsaturated/α-hetero) is 1. The summed E-state index contributed by atoms with van der Waals surface area (Å²) in [5, 5.41) is 4.66. The number of carbonyl (C=O) groups is 2. The van der Waals surface area contributed by atoms with Gasteiger partial charge in [-0.25, -0.2) is 0 Å². The summed E-state index contributed by atoms with van der Waals surface area (Å²) < 4.78 is 5.41. The lowest BCUT2D eigenvalue weighted by Crippen LogP contribution is -2.48. The predicted molar refractivity (Wildman–Crippen MR) is 121 cm³/mol. The zero-order chi connectivity index (χ0) is 22.5. The van der Waals surface area contributed by atoms with Gasteiger partial charge in [0.05, 0.1) is 6.54 Å². The van der Waals surface area contributed by atoms with E-state index in [-0.39, 0.29) is 24.5 Å². The number of rotatable bonds is 7. The zero-order valence-electron chi connectivity index (χ0n) is 18.0. The minimum atomic E-state index is -0.0468. The Morgan fingerprint density at radius 3 is 2.34 bits per heavy atom. The molecule has 1 aliphatic heterocycles. The second-order valence-corrected chi connectivity index (χ2v) is 8.40. The maximum absolute atomic E-state index is 12.5. The first-order chi connectivity index (χ1) is 15.5. The summed E-state index contributed by atoms with van der Waals surface area (Å²) in [5.41, 5.74) is 2.69. The number of benzene rings is 2. The average Bonchev–Trinajstić information content (AvgIpc) is 3.27. The lowest BCUT2D eigenvalue weighted by atomic mass is 10.1. The summed E-state index contributed by atoms with van der Waals surface area (Å²) in [5.74, 6) is 1.11. The number of carbonyl (C=O) groups excluding carboxylic acids is 2. The smallest absolute Gasteiger partial charge is 0.241 e. The van der Waals surface area contributed by atoms with Crippen molar-refractivity contribution in [2.75, 3.05) is 26.2 Å². The van der Waals surface area contributed by atoms with Gasteiger partial charge < -0.3 is 9.42 Å². The van der Waals surface area contributed by atoms with Gasteiger partial charge >= 0.3 is 0 Å². The van der Waals surface area contributed by atoms with E-state index in [4.69, 9.17) is 16.1 Å². The molecule has 1 aromatic heterocycles. The lowest BCUT2D eigenvalue weighted by molar-refractivity contribution is -0.133. The number of aromatic nitrogens is 2. The minimum absolute atomic E-state index is 0.00594. The fourth-order valence-electron chi connectivity index (χ4n) is 3.64. The van der Waals surface area contributed by atoms with Gasteiger partial charge in [-0.1, -0.05) is 46.6 Å². The van der Waals surface area contributed by atoms with Crippen LogP contribution in [0.1, 0.15) is 34.7 Å². The second kappa shape index (κ2) is 10.1. The van der Waals surface area contributed by atoms with Crippen molar-refractivity contribution in [2.45, 2.75) is 26.3 Å². The monoisotopic (exact) mass is 452 g/mol. The first kappa shape index (κ1) is 22.2. The first-order valence-electron chi connectivity index (χ1n) is 10.7. The Balaban J connectivity index is 1.22. The number of nitrogens with zero attached hydrogens (tertiary/aromatic N) is 4. The Labute approximate surface area is 192 Å². The number of hydrogen-bond acceptors (Lipinski definition) is 6. The van der Waals surface area contributed by atoms with E-state index in [2.05, 4.69) is 15.0 Å². The van der Waals surface area contributed by atoms with Crippen LogP contribution in [-0.2, 0) is 11.3 Å². The van der Waals surface area contributed by atoms with Gasteiger partial charge in [0.25, 0.3) is 0 Å². The van der Waals surface area contributed by atoms with Crippen LogP contribution in [0.25, 0.3) is 11.4 Å². The van der Waals surface area contributed by atoms with E-state index < -0.39 is 0 Å². The van der Waals surface area contributed by atoms with Crippen LogP contribution in [0.15, 0.2) is 53.1 Å². The van der Waals surface area contributed by atoms with Crippen LogP contribution < -0.4 is 0 Å². The number of ketones is 1. The quantitative estimate of drug-likeness (QED) is 0.504. The van der Waals surface area contributed by atoms with Crippen molar-refractivity contribution in [1.82, 2.24) is 19.9 Å². The molecule has 4 rings (SSSR count). The third kappa shape index (κ3) is 5.60. The van der Waals surface area contributed by atoms with Crippen molar-refractivity contribution in [3.05, 3.63) is 70.6 Å². The van der Waals surface area contributed by atoms with Gasteiger partial charge in [-0.05, 0) is 31.2 Å². The molecular formula is C24H25ClN4O3. The molecule has 32 heavy (non-hydrogen) atoms. The highest BCUT2D eigenvalue weighted by molar-refractivity contribution is 6.30. The molecule has 1 aliphatic rings. The molecule has 0 saturated carbocycles. The van der Waals surface area contributed by atoms with Gasteiger partial charge in [0.15, 0.2) is 5.78 Å². The van der Waals surface area contributed by atoms with Crippen LogP contribution in [0.4, 0.5) is 0 Å². The molecule has 0 aliphatic carbocycles. The fourth-order valence-corrected chi connectivity index (χ4v) is 3.77. The van der Waals surface area contributed by atoms with Gasteiger partial charge in [0.1, 0.15) is 0 Å². The summed E-state index contributed by atoms with van der Waals surface area (Å²) in [4.78, 5) is 33.3. The number of amides is 1. The molecule has 1 saturated heterocycles. The van der Waals surface area contributed by atoms with E-state index in [1.807, 2.05) is 36.1 Å². The molecule has 2 aromatic carbocycles. The summed E-state index contributed by atoms with van der Waals surface area (Å²) in [7, 11) is 0. The zero-order valence-corrected chi connectivity index (χ0v) is 18.7. The Morgan fingerprint density at radius 2 is 1.66 bits per heavy atom. The number of aryl methyl sites for hydroxylation is 1. The lowest BCUT2D eigenvalue weighted by Gasteiger charge is -2.34. The van der Waals surface area contributed by atoms with Gasteiger partial charge in [-0.3, -0.25) is 14.5 Å². The molecule has 0 atom stereocenters. The molecule has 3 aromatic rings. The van der Waals surface area contributed by atoms with Crippen LogP contribution in [0.2, 0.25) is 5.02 Å². The van der Waals surface area contributed by atoms with Gasteiger partial charge in [-0.15, -0.1) is 0 Å². The van der Waals surface area contributed by atoms with Crippen LogP contribution in [-0.4, -0.2) is 57.8 Å². The highest BCUT2D eigenvalue weighted by Crippen LogP contribution is 2.18. The molecule has 0 spiro atoms. The van der Waals surface area contributed by atoms with E-state index in [0.29, 0.717) is 41.9 Å². The van der Waals surface area contributed by atoms with Crippen LogP contribution in [0.3, 0.4) is 0 Å². The van der Waals surface area contributed by atoms with E-state index in [1.165, 1.54) is 5.56 Å². The molecule has 0 bridgehead atoms. The van der Waals surface area contributed by atoms with Crippen molar-refractivity contribution in [3.63, 3.8) is 0 Å². The molecule has 0 radical (unpaired) electrons. The Morgan fingerprint density at radius 1 is 0.969 bits per heavy atom. The molecule has 1 amide bonds. The van der Waals surface area contributed by atoms with E-state index in [1.54, 1.807) is 24.3 Å². The van der Waals surface area contributed by atoms with Gasteiger partial charge in [0.2, 0.25) is 17.6 Å². The summed E-state index contributed by atoms with van der Waals surface area (Å²) >= 11 is 5.85. The Hall–Kier alpha value is -3.03. The van der Waals surface area contributed by atoms with Crippen LogP contribution in [0, 0.1) is 6.92 Å². The first-order valence-corrected chi connectivity index (χ1v) is 11.0. The predicted octanol–water partition coefficient (Wildman–Crippen LogP) is 4.01. The topological polar surface area (TPSA) is 79.5 Å². The normalized spacial score (nSPS) is 14.5. The number of piperazine rings is 1. The second-order valence-electron chi connectivity index (χ2n) is 7.96. The number of halogens is 1. The number of hydrogen-bond donors (Lipinski definition) is 0. The third-order valence-corrected chi connectivity index (χ3v) is 5.85. The SMILES string of the molecule is Cc1ccc(-c2noc(CN3CCN(C(=O)CCC(=O)c4ccc(Cl)cc4)CC3)n2)cc1. The van der Waals surface area contributed by atoms with Crippen molar-refractivity contribution in [2.24, 2.45) is 0 Å². The van der Waals surface area contributed by atoms with Crippen molar-refractivity contribution < 1.29 is 14.1 Å². The molecule has 7 nitrogen and oxygen atoms in total. The molecule has 1 fully saturated rings. The van der Waals surface area contributed by atoms with Gasteiger partial charge in [0, 0.05) is 55.2 Å². The molecule has 2 heterocycles. The largest absolute Gasteiger partial charge is 0.340 e. The summed E-state index contributed by atoms with van der Waals surface area (Å²) in [6, 6.07) is 14.7. The van der Waals surface area contributed by atoms with Crippen LogP contribution in [0.5, 0.6) is 0 Å². The van der Waals surface area contributed by atoms with E-state index in [0.717, 1.165) is 18.7 Å². The summed E-state index contributed by atoms with van der Waals surface area (Å²) in [6.45, 7) is 5.27. The fraction of sp³-hybridized carbons (Fsp3) is 0.333. The van der Waals surface area contributed by atoms with E-state index in [9.17, 15) is 9.59 Å². The van der Waals surface area contributed by atoms with Crippen molar-refractivity contribution in [3.8, 4) is 11.4 Å².